The highest BCUT2D eigenvalue weighted by molar-refractivity contribution is 6.22. The summed E-state index contributed by atoms with van der Waals surface area (Å²) >= 11 is 0. The summed E-state index contributed by atoms with van der Waals surface area (Å²) in [5, 5.41) is 0. The first kappa shape index (κ1) is 16.0. The first-order valence-electron chi connectivity index (χ1n) is 10.2. The maximum Gasteiger partial charge on any atom is 0.238 e. The molecule has 7 rings (SSSR count). The Morgan fingerprint density at radius 2 is 1.48 bits per heavy atom. The van der Waals surface area contributed by atoms with Crippen LogP contribution in [-0.2, 0) is 20.9 Å². The number of anilines is 1. The third kappa shape index (κ3) is 2.31. The molecule has 4 aliphatic carbocycles. The van der Waals surface area contributed by atoms with Gasteiger partial charge in [-0.05, 0) is 47.8 Å². The van der Waals surface area contributed by atoms with E-state index in [4.69, 9.17) is 4.74 Å². The lowest BCUT2D eigenvalue weighted by Gasteiger charge is -2.37. The molecule has 140 valence electrons. The highest BCUT2D eigenvalue weighted by atomic mass is 16.5. The third-order valence-corrected chi connectivity index (χ3v) is 7.37. The summed E-state index contributed by atoms with van der Waals surface area (Å²) in [6.45, 7) is 4.36. The van der Waals surface area contributed by atoms with E-state index in [2.05, 4.69) is 29.2 Å². The van der Waals surface area contributed by atoms with E-state index < -0.39 is 0 Å². The second-order valence-electron chi connectivity index (χ2n) is 8.72. The van der Waals surface area contributed by atoms with Crippen LogP contribution in [0.5, 0.6) is 0 Å². The molecule has 27 heavy (non-hydrogen) atoms. The Morgan fingerprint density at radius 3 is 2.07 bits per heavy atom. The topological polar surface area (TPSA) is 49.9 Å². The third-order valence-electron chi connectivity index (χ3n) is 7.37. The molecule has 0 spiro atoms. The molecule has 0 unspecified atom stereocenters. The Morgan fingerprint density at radius 1 is 0.889 bits per heavy atom. The lowest BCUT2D eigenvalue weighted by atomic mass is 9.63. The van der Waals surface area contributed by atoms with Crippen LogP contribution in [-0.4, -0.2) is 43.0 Å². The summed E-state index contributed by atoms with van der Waals surface area (Å²) in [7, 11) is 0. The number of amides is 2. The number of hydrogen-bond acceptors (Lipinski definition) is 4. The zero-order valence-electron chi connectivity index (χ0n) is 15.3. The molecule has 2 amide bonds. The minimum atomic E-state index is -0.121. The summed E-state index contributed by atoms with van der Waals surface area (Å²) in [6.07, 6.45) is 5.65. The highest BCUT2D eigenvalue weighted by Crippen LogP contribution is 2.65. The van der Waals surface area contributed by atoms with E-state index >= 15 is 0 Å². The first-order valence-corrected chi connectivity index (χ1v) is 10.2. The highest BCUT2D eigenvalue weighted by Gasteiger charge is 2.67. The molecule has 5 heteroatoms. The van der Waals surface area contributed by atoms with Crippen LogP contribution in [0.4, 0.5) is 5.69 Å². The van der Waals surface area contributed by atoms with Gasteiger partial charge in [-0.15, -0.1) is 0 Å². The molecule has 6 aliphatic rings. The van der Waals surface area contributed by atoms with E-state index in [1.807, 2.05) is 12.1 Å². The number of carbonyl (C=O) groups is 2. The number of imide groups is 1. The SMILES string of the molecule is O=C1[C@@H]2[C@@H]3C=C[C@H]([C@@H]4C[C@H]34)[C@H]2C(=O)N1c1ccc(CN2CCOCC2)cc1. The fourth-order valence-electron chi connectivity index (χ4n) is 5.98. The molecule has 1 aromatic carbocycles. The van der Waals surface area contributed by atoms with Crippen molar-refractivity contribution in [1.82, 2.24) is 4.90 Å². The van der Waals surface area contributed by atoms with Gasteiger partial charge < -0.3 is 4.74 Å². The molecule has 2 heterocycles. The molecule has 2 saturated carbocycles. The average Bonchev–Trinajstić information content (AvgIpc) is 3.48. The van der Waals surface area contributed by atoms with Crippen LogP contribution in [0, 0.1) is 35.5 Å². The minimum Gasteiger partial charge on any atom is -0.379 e. The number of morpholine rings is 1. The standard InChI is InChI=1S/C22H24N2O3/c25-21-19-15-5-6-16(18-11-17(15)18)20(19)22(26)24(21)14-3-1-13(2-4-14)12-23-7-9-27-10-8-23/h1-6,15-20H,7-12H2/t15-,16-,17-,18+,19-,20-/m1/s1. The summed E-state index contributed by atoms with van der Waals surface area (Å²) < 4.78 is 5.40. The Hall–Kier alpha value is -1.98. The minimum absolute atomic E-state index is 0.0237. The Bertz CT molecular complexity index is 790. The van der Waals surface area contributed by atoms with Gasteiger partial charge in [-0.3, -0.25) is 19.4 Å². The van der Waals surface area contributed by atoms with Gasteiger partial charge in [0.25, 0.3) is 0 Å². The van der Waals surface area contributed by atoms with Crippen LogP contribution >= 0.6 is 0 Å². The number of ether oxygens (including phenoxy) is 1. The molecule has 5 nitrogen and oxygen atoms in total. The number of hydrogen-bond donors (Lipinski definition) is 0. The van der Waals surface area contributed by atoms with Gasteiger partial charge in [0.15, 0.2) is 0 Å². The molecule has 2 aliphatic heterocycles. The van der Waals surface area contributed by atoms with Gasteiger partial charge in [0.1, 0.15) is 0 Å². The first-order chi connectivity index (χ1) is 13.2. The van der Waals surface area contributed by atoms with Crippen molar-refractivity contribution in [3.8, 4) is 0 Å². The number of nitrogens with zero attached hydrogens (tertiary/aromatic N) is 2. The molecule has 0 N–H and O–H groups in total. The lowest BCUT2D eigenvalue weighted by molar-refractivity contribution is -0.124. The average molecular weight is 364 g/mol. The van der Waals surface area contributed by atoms with Crippen LogP contribution in [0.3, 0.4) is 0 Å². The fourth-order valence-corrected chi connectivity index (χ4v) is 5.98. The monoisotopic (exact) mass is 364 g/mol. The predicted octanol–water partition coefficient (Wildman–Crippen LogP) is 2.08. The van der Waals surface area contributed by atoms with Crippen LogP contribution in [0.2, 0.25) is 0 Å². The second-order valence-corrected chi connectivity index (χ2v) is 8.72. The predicted molar refractivity (Wildman–Crippen MR) is 99.7 cm³/mol. The van der Waals surface area contributed by atoms with E-state index in [9.17, 15) is 9.59 Å². The van der Waals surface area contributed by atoms with E-state index in [0.29, 0.717) is 11.8 Å². The zero-order valence-corrected chi connectivity index (χ0v) is 15.3. The van der Waals surface area contributed by atoms with Gasteiger partial charge >= 0.3 is 0 Å². The number of benzene rings is 1. The molecule has 2 saturated heterocycles. The van der Waals surface area contributed by atoms with Crippen molar-refractivity contribution in [2.24, 2.45) is 35.5 Å². The summed E-state index contributed by atoms with van der Waals surface area (Å²) in [5.74, 6) is 1.67. The Labute approximate surface area is 159 Å². The maximum absolute atomic E-state index is 13.2. The van der Waals surface area contributed by atoms with Gasteiger partial charge in [0.05, 0.1) is 30.7 Å². The van der Waals surface area contributed by atoms with Crippen molar-refractivity contribution in [3.63, 3.8) is 0 Å². The molecule has 4 fully saturated rings. The van der Waals surface area contributed by atoms with Gasteiger partial charge in [-0.25, -0.2) is 0 Å². The van der Waals surface area contributed by atoms with Gasteiger partial charge in [0, 0.05) is 19.6 Å². The van der Waals surface area contributed by atoms with Crippen molar-refractivity contribution in [2.75, 3.05) is 31.2 Å². The number of rotatable bonds is 3. The smallest absolute Gasteiger partial charge is 0.238 e. The van der Waals surface area contributed by atoms with Crippen molar-refractivity contribution >= 4 is 17.5 Å². The van der Waals surface area contributed by atoms with Gasteiger partial charge in [0.2, 0.25) is 11.8 Å². The van der Waals surface area contributed by atoms with Gasteiger partial charge in [-0.2, -0.15) is 0 Å². The molecule has 0 radical (unpaired) electrons. The van der Waals surface area contributed by atoms with Crippen LogP contribution < -0.4 is 4.90 Å². The quantitative estimate of drug-likeness (QED) is 0.609. The molecular weight excluding hydrogens is 340 g/mol. The van der Waals surface area contributed by atoms with Crippen molar-refractivity contribution in [1.29, 1.82) is 0 Å². The number of allylic oxidation sites excluding steroid dienone is 2. The van der Waals surface area contributed by atoms with E-state index in [1.165, 1.54) is 16.9 Å². The van der Waals surface area contributed by atoms with E-state index in [0.717, 1.165) is 38.5 Å². The van der Waals surface area contributed by atoms with Crippen molar-refractivity contribution in [2.45, 2.75) is 13.0 Å². The van der Waals surface area contributed by atoms with Crippen LogP contribution in [0.15, 0.2) is 36.4 Å². The molecule has 2 bridgehead atoms. The second kappa shape index (κ2) is 5.76. The Balaban J connectivity index is 1.23. The summed E-state index contributed by atoms with van der Waals surface area (Å²) in [5.41, 5.74) is 1.94. The molecular formula is C22H24N2O3. The van der Waals surface area contributed by atoms with Gasteiger partial charge in [-0.1, -0.05) is 24.3 Å². The number of carbonyl (C=O) groups excluding carboxylic acids is 2. The lowest BCUT2D eigenvalue weighted by Crippen LogP contribution is -2.40. The molecule has 6 atom stereocenters. The van der Waals surface area contributed by atoms with Crippen molar-refractivity contribution < 1.29 is 14.3 Å². The summed E-state index contributed by atoms with van der Waals surface area (Å²) in [4.78, 5) is 30.2. The molecule has 0 aromatic heterocycles. The fraction of sp³-hybridized carbons (Fsp3) is 0.545. The normalized spacial score (nSPS) is 39.6. The van der Waals surface area contributed by atoms with Crippen molar-refractivity contribution in [3.05, 3.63) is 42.0 Å². The maximum atomic E-state index is 13.2. The van der Waals surface area contributed by atoms with E-state index in [-0.39, 0.29) is 35.5 Å². The summed E-state index contributed by atoms with van der Waals surface area (Å²) in [6, 6.07) is 7.99. The zero-order chi connectivity index (χ0) is 18.1. The Kier molecular flexibility index (Phi) is 3.42. The van der Waals surface area contributed by atoms with E-state index in [1.54, 1.807) is 0 Å². The van der Waals surface area contributed by atoms with Crippen LogP contribution in [0.25, 0.3) is 0 Å². The van der Waals surface area contributed by atoms with Crippen LogP contribution in [0.1, 0.15) is 12.0 Å². The molecule has 1 aromatic rings. The largest absolute Gasteiger partial charge is 0.379 e.